The molecule has 2 aliphatic rings. The van der Waals surface area contributed by atoms with Gasteiger partial charge in [-0.15, -0.1) is 0 Å². The van der Waals surface area contributed by atoms with E-state index >= 15 is 0 Å². The van der Waals surface area contributed by atoms with Crippen LogP contribution in [-0.2, 0) is 18.4 Å². The summed E-state index contributed by atoms with van der Waals surface area (Å²) in [5, 5.41) is 5.80. The molecule has 0 bridgehead atoms. The number of carbonyl (C=O) groups is 1. The van der Waals surface area contributed by atoms with E-state index in [1.807, 2.05) is 22.8 Å². The Bertz CT molecular complexity index is 1060. The molecule has 0 aliphatic carbocycles. The fraction of sp³-hybridized carbons (Fsp3) is 0.381. The number of ether oxygens (including phenoxy) is 1. The Kier molecular flexibility index (Phi) is 2.91. The van der Waals surface area contributed by atoms with Gasteiger partial charge in [0.1, 0.15) is 5.75 Å². The Morgan fingerprint density at radius 2 is 2.08 bits per heavy atom. The Morgan fingerprint density at radius 3 is 2.88 bits per heavy atom. The summed E-state index contributed by atoms with van der Waals surface area (Å²) in [7, 11) is 1.71. The fourth-order valence-corrected chi connectivity index (χ4v) is 4.72. The predicted molar refractivity (Wildman–Crippen MR) is 99.7 cm³/mol. The first-order chi connectivity index (χ1) is 12.0. The third-order valence-corrected chi connectivity index (χ3v) is 5.88. The summed E-state index contributed by atoms with van der Waals surface area (Å²) in [6, 6.07) is 8.35. The van der Waals surface area contributed by atoms with Gasteiger partial charge in [-0.25, -0.2) is 0 Å². The molecule has 128 valence electrons. The monoisotopic (exact) mass is 334 g/mol. The molecular formula is C21H22N2O2. The summed E-state index contributed by atoms with van der Waals surface area (Å²) < 4.78 is 7.63. The van der Waals surface area contributed by atoms with Crippen molar-refractivity contribution < 1.29 is 9.53 Å². The molecule has 3 heterocycles. The SMILES string of the molecule is COc1cccc2c1c1c3c(cc4c1n2C(=O)CC4(C)C)CNCC3. The van der Waals surface area contributed by atoms with Gasteiger partial charge in [-0.3, -0.25) is 9.36 Å². The summed E-state index contributed by atoms with van der Waals surface area (Å²) >= 11 is 0. The third kappa shape index (κ3) is 1.83. The van der Waals surface area contributed by atoms with Gasteiger partial charge in [-0.05, 0) is 41.8 Å². The first-order valence-corrected chi connectivity index (χ1v) is 8.93. The van der Waals surface area contributed by atoms with Crippen molar-refractivity contribution in [2.24, 2.45) is 0 Å². The minimum Gasteiger partial charge on any atom is -0.496 e. The van der Waals surface area contributed by atoms with Crippen molar-refractivity contribution in [3.63, 3.8) is 0 Å². The average molecular weight is 334 g/mol. The number of nitrogens with zero attached hydrogens (tertiary/aromatic N) is 1. The number of hydrogen-bond acceptors (Lipinski definition) is 3. The van der Waals surface area contributed by atoms with Crippen LogP contribution in [0.3, 0.4) is 0 Å². The maximum Gasteiger partial charge on any atom is 0.232 e. The molecule has 0 atom stereocenters. The zero-order valence-corrected chi connectivity index (χ0v) is 14.9. The van der Waals surface area contributed by atoms with Crippen LogP contribution in [-0.4, -0.2) is 24.1 Å². The molecule has 0 saturated heterocycles. The van der Waals surface area contributed by atoms with Crippen LogP contribution in [0, 0.1) is 0 Å². The van der Waals surface area contributed by atoms with Gasteiger partial charge in [-0.2, -0.15) is 0 Å². The summed E-state index contributed by atoms with van der Waals surface area (Å²) in [5.41, 5.74) is 5.93. The summed E-state index contributed by atoms with van der Waals surface area (Å²) in [6.45, 7) is 6.23. The maximum atomic E-state index is 13.0. The fourth-order valence-electron chi connectivity index (χ4n) is 4.72. The molecule has 4 nitrogen and oxygen atoms in total. The van der Waals surface area contributed by atoms with Crippen LogP contribution in [0.25, 0.3) is 21.8 Å². The smallest absolute Gasteiger partial charge is 0.232 e. The second kappa shape index (κ2) is 4.85. The molecule has 0 unspecified atom stereocenters. The number of methoxy groups -OCH3 is 1. The van der Waals surface area contributed by atoms with Gasteiger partial charge in [-0.1, -0.05) is 26.0 Å². The maximum absolute atomic E-state index is 13.0. The summed E-state index contributed by atoms with van der Waals surface area (Å²) in [6.07, 6.45) is 1.51. The zero-order chi connectivity index (χ0) is 17.3. The van der Waals surface area contributed by atoms with E-state index in [-0.39, 0.29) is 11.3 Å². The summed E-state index contributed by atoms with van der Waals surface area (Å²) in [5.74, 6) is 1.03. The highest BCUT2D eigenvalue weighted by atomic mass is 16.5. The van der Waals surface area contributed by atoms with E-state index in [9.17, 15) is 4.79 Å². The van der Waals surface area contributed by atoms with Gasteiger partial charge in [0.2, 0.25) is 5.91 Å². The number of hydrogen-bond donors (Lipinski definition) is 1. The van der Waals surface area contributed by atoms with E-state index in [1.54, 1.807) is 7.11 Å². The van der Waals surface area contributed by atoms with Gasteiger partial charge in [0, 0.05) is 23.8 Å². The molecule has 5 rings (SSSR count). The van der Waals surface area contributed by atoms with Crippen molar-refractivity contribution in [1.82, 2.24) is 9.88 Å². The van der Waals surface area contributed by atoms with Crippen LogP contribution in [0.5, 0.6) is 5.75 Å². The van der Waals surface area contributed by atoms with Crippen molar-refractivity contribution in [3.8, 4) is 5.75 Å². The lowest BCUT2D eigenvalue weighted by Gasteiger charge is -2.33. The van der Waals surface area contributed by atoms with E-state index < -0.39 is 0 Å². The minimum absolute atomic E-state index is 0.153. The van der Waals surface area contributed by atoms with Crippen LogP contribution >= 0.6 is 0 Å². The standard InChI is InChI=1S/C21H22N2O2/c1-21(2)10-17(24)23-15-5-4-6-16(25-3)19(15)18-13-7-8-22-11-12(13)9-14(21)20(18)23/h4-6,9,22H,7-8,10-11H2,1-3H3. The lowest BCUT2D eigenvalue weighted by atomic mass is 9.76. The molecule has 3 aromatic rings. The van der Waals surface area contributed by atoms with Crippen molar-refractivity contribution in [3.05, 3.63) is 41.0 Å². The molecule has 0 radical (unpaired) electrons. The van der Waals surface area contributed by atoms with Crippen LogP contribution < -0.4 is 10.1 Å². The molecule has 4 heteroatoms. The number of benzene rings is 2. The van der Waals surface area contributed by atoms with Crippen LogP contribution in [0.1, 0.15) is 41.8 Å². The number of rotatable bonds is 1. The highest BCUT2D eigenvalue weighted by Crippen LogP contribution is 2.47. The highest BCUT2D eigenvalue weighted by Gasteiger charge is 2.37. The molecule has 1 aromatic heterocycles. The van der Waals surface area contributed by atoms with Gasteiger partial charge >= 0.3 is 0 Å². The highest BCUT2D eigenvalue weighted by molar-refractivity contribution is 6.19. The van der Waals surface area contributed by atoms with Crippen LogP contribution in [0.15, 0.2) is 24.3 Å². The molecule has 0 amide bonds. The van der Waals surface area contributed by atoms with Gasteiger partial charge in [0.15, 0.2) is 0 Å². The van der Waals surface area contributed by atoms with Crippen molar-refractivity contribution in [2.45, 2.75) is 38.6 Å². The number of nitrogens with one attached hydrogen (secondary N) is 1. The quantitative estimate of drug-likeness (QED) is 0.737. The second-order valence-electron chi connectivity index (χ2n) is 7.86. The normalized spacial score (nSPS) is 18.6. The van der Waals surface area contributed by atoms with Crippen molar-refractivity contribution in [1.29, 1.82) is 0 Å². The zero-order valence-electron chi connectivity index (χ0n) is 14.9. The Balaban J connectivity index is 2.10. The largest absolute Gasteiger partial charge is 0.496 e. The Labute approximate surface area is 146 Å². The van der Waals surface area contributed by atoms with E-state index in [2.05, 4.69) is 25.2 Å². The number of carbonyl (C=O) groups excluding carboxylic acids is 1. The molecule has 2 aliphatic heterocycles. The van der Waals surface area contributed by atoms with E-state index in [4.69, 9.17) is 4.74 Å². The first-order valence-electron chi connectivity index (χ1n) is 8.93. The van der Waals surface area contributed by atoms with E-state index in [1.165, 1.54) is 22.1 Å². The van der Waals surface area contributed by atoms with Crippen molar-refractivity contribution in [2.75, 3.05) is 13.7 Å². The second-order valence-corrected chi connectivity index (χ2v) is 7.86. The number of aromatic nitrogens is 1. The van der Waals surface area contributed by atoms with Crippen LogP contribution in [0.4, 0.5) is 0 Å². The molecule has 25 heavy (non-hydrogen) atoms. The Hall–Kier alpha value is -2.33. The van der Waals surface area contributed by atoms with Gasteiger partial charge in [0.05, 0.1) is 23.5 Å². The number of fused-ring (bicyclic) bond motifs is 5. The molecule has 0 saturated carbocycles. The predicted octanol–water partition coefficient (Wildman–Crippen LogP) is 3.77. The van der Waals surface area contributed by atoms with E-state index in [0.717, 1.165) is 41.7 Å². The third-order valence-electron chi connectivity index (χ3n) is 5.88. The lowest BCUT2D eigenvalue weighted by Crippen LogP contribution is -2.32. The molecule has 2 aromatic carbocycles. The van der Waals surface area contributed by atoms with Crippen LogP contribution in [0.2, 0.25) is 0 Å². The summed E-state index contributed by atoms with van der Waals surface area (Å²) in [4.78, 5) is 13.0. The topological polar surface area (TPSA) is 43.3 Å². The van der Waals surface area contributed by atoms with E-state index in [0.29, 0.717) is 6.42 Å². The first kappa shape index (κ1) is 15.0. The minimum atomic E-state index is -0.153. The molecule has 0 fully saturated rings. The molecular weight excluding hydrogens is 312 g/mol. The van der Waals surface area contributed by atoms with Gasteiger partial charge < -0.3 is 10.1 Å². The Morgan fingerprint density at radius 1 is 1.24 bits per heavy atom. The molecule has 0 spiro atoms. The average Bonchev–Trinajstić information content (AvgIpc) is 2.95. The van der Waals surface area contributed by atoms with Gasteiger partial charge in [0.25, 0.3) is 0 Å². The molecule has 1 N–H and O–H groups in total. The lowest BCUT2D eigenvalue weighted by molar-refractivity contribution is 0.0877. The van der Waals surface area contributed by atoms with Crippen molar-refractivity contribution >= 4 is 27.7 Å².